The van der Waals surface area contributed by atoms with Gasteiger partial charge in [0.2, 0.25) is 0 Å². The smallest absolute Gasteiger partial charge is 0.0975 e. The molecule has 0 fully saturated rings. The van der Waals surface area contributed by atoms with E-state index in [4.69, 9.17) is 9.97 Å². The fourth-order valence-corrected chi connectivity index (χ4v) is 5.35. The summed E-state index contributed by atoms with van der Waals surface area (Å²) in [6, 6.07) is 19.6. The van der Waals surface area contributed by atoms with Crippen molar-refractivity contribution in [2.75, 3.05) is 0 Å². The molecule has 150 valence electrons. The van der Waals surface area contributed by atoms with Gasteiger partial charge in [-0.25, -0.2) is 9.97 Å². The molecule has 1 aromatic heterocycles. The number of rotatable bonds is 0. The Morgan fingerprint density at radius 1 is 0.484 bits per heavy atom. The van der Waals surface area contributed by atoms with E-state index in [9.17, 15) is 0 Å². The zero-order valence-corrected chi connectivity index (χ0v) is 18.6. The van der Waals surface area contributed by atoms with Gasteiger partial charge in [-0.1, -0.05) is 42.5 Å². The summed E-state index contributed by atoms with van der Waals surface area (Å²) in [6.07, 6.45) is 0. The molecule has 0 spiro atoms. The van der Waals surface area contributed by atoms with Gasteiger partial charge in [-0.3, -0.25) is 0 Å². The highest BCUT2D eigenvalue weighted by atomic mass is 14.8. The molecule has 2 heteroatoms. The fraction of sp³-hybridized carbons (Fsp3) is 0.172. The molecular weight excluding hydrogens is 376 g/mol. The van der Waals surface area contributed by atoms with Crippen LogP contribution in [0.3, 0.4) is 0 Å². The van der Waals surface area contributed by atoms with E-state index in [0.29, 0.717) is 0 Å². The van der Waals surface area contributed by atoms with Crippen LogP contribution in [0, 0.1) is 34.6 Å². The summed E-state index contributed by atoms with van der Waals surface area (Å²) in [6.45, 7) is 11.0. The van der Waals surface area contributed by atoms with Crippen molar-refractivity contribution in [3.05, 3.63) is 82.4 Å². The van der Waals surface area contributed by atoms with E-state index in [2.05, 4.69) is 89.2 Å². The molecule has 0 bridgehead atoms. The molecule has 0 amide bonds. The Labute approximate surface area is 181 Å². The van der Waals surface area contributed by atoms with Gasteiger partial charge in [0.15, 0.2) is 0 Å². The second kappa shape index (κ2) is 6.24. The Balaban J connectivity index is 1.83. The van der Waals surface area contributed by atoms with Crippen LogP contribution in [0.15, 0.2) is 54.6 Å². The van der Waals surface area contributed by atoms with Crippen molar-refractivity contribution < 1.29 is 0 Å². The van der Waals surface area contributed by atoms with E-state index < -0.39 is 0 Å². The van der Waals surface area contributed by atoms with Gasteiger partial charge >= 0.3 is 0 Å². The zero-order chi connectivity index (χ0) is 21.4. The monoisotopic (exact) mass is 400 g/mol. The van der Waals surface area contributed by atoms with Gasteiger partial charge < -0.3 is 0 Å². The predicted molar refractivity (Wildman–Crippen MR) is 133 cm³/mol. The maximum Gasteiger partial charge on any atom is 0.0975 e. The van der Waals surface area contributed by atoms with E-state index in [1.807, 2.05) is 0 Å². The normalized spacial score (nSPS) is 12.0. The first kappa shape index (κ1) is 18.3. The minimum atomic E-state index is 0.961. The van der Waals surface area contributed by atoms with Crippen molar-refractivity contribution in [2.45, 2.75) is 34.6 Å². The molecule has 0 saturated carbocycles. The molecule has 5 aromatic carbocycles. The highest BCUT2D eigenvalue weighted by Gasteiger charge is 2.15. The fourth-order valence-electron chi connectivity index (χ4n) is 5.35. The van der Waals surface area contributed by atoms with Crippen LogP contribution in [-0.4, -0.2) is 9.97 Å². The molecule has 0 atom stereocenters. The van der Waals surface area contributed by atoms with Crippen molar-refractivity contribution >= 4 is 54.4 Å². The molecule has 31 heavy (non-hydrogen) atoms. The van der Waals surface area contributed by atoms with Crippen LogP contribution in [0.5, 0.6) is 0 Å². The standard InChI is InChI=1S/C29H24N2/c1-15-14-16(2)26-22(17(15)3)10-12-24-28(26)30-25-13-11-23-18(4)20-8-6-7-9-21(20)19(5)27(23)29(25)31-24/h6-14H,1-5H3. The lowest BCUT2D eigenvalue weighted by molar-refractivity contribution is 1.34. The summed E-state index contributed by atoms with van der Waals surface area (Å²) in [5, 5.41) is 7.59. The molecule has 0 N–H and O–H groups in total. The first-order chi connectivity index (χ1) is 15.0. The molecule has 0 aliphatic carbocycles. The van der Waals surface area contributed by atoms with Crippen LogP contribution in [0.2, 0.25) is 0 Å². The summed E-state index contributed by atoms with van der Waals surface area (Å²) in [5.74, 6) is 0. The van der Waals surface area contributed by atoms with Crippen LogP contribution in [0.4, 0.5) is 0 Å². The lowest BCUT2D eigenvalue weighted by Gasteiger charge is -2.15. The van der Waals surface area contributed by atoms with Crippen LogP contribution in [0.25, 0.3) is 54.4 Å². The Morgan fingerprint density at radius 2 is 1.03 bits per heavy atom. The molecule has 0 radical (unpaired) electrons. The largest absolute Gasteiger partial charge is 0.244 e. The van der Waals surface area contributed by atoms with Gasteiger partial charge in [-0.2, -0.15) is 0 Å². The van der Waals surface area contributed by atoms with Crippen LogP contribution in [-0.2, 0) is 0 Å². The summed E-state index contributed by atoms with van der Waals surface area (Å²) >= 11 is 0. The third kappa shape index (κ3) is 2.39. The molecule has 6 rings (SSSR count). The number of hydrogen-bond donors (Lipinski definition) is 0. The Morgan fingerprint density at radius 3 is 1.68 bits per heavy atom. The van der Waals surface area contributed by atoms with Crippen LogP contribution >= 0.6 is 0 Å². The number of benzene rings is 5. The number of aryl methyl sites for hydroxylation is 5. The minimum Gasteiger partial charge on any atom is -0.244 e. The van der Waals surface area contributed by atoms with E-state index in [1.165, 1.54) is 60.1 Å². The molecule has 6 aromatic rings. The SMILES string of the molecule is Cc1cc(C)c2c(ccc3nc4c(ccc5c(C)c6ccccc6c(C)c54)nc32)c1C. The third-order valence-electron chi connectivity index (χ3n) is 7.11. The average molecular weight is 401 g/mol. The van der Waals surface area contributed by atoms with Gasteiger partial charge in [0.25, 0.3) is 0 Å². The first-order valence-electron chi connectivity index (χ1n) is 10.9. The second-order valence-corrected chi connectivity index (χ2v) is 8.87. The molecule has 0 aliphatic rings. The van der Waals surface area contributed by atoms with Crippen LogP contribution in [0.1, 0.15) is 27.8 Å². The highest BCUT2D eigenvalue weighted by molar-refractivity contribution is 6.17. The van der Waals surface area contributed by atoms with Crippen molar-refractivity contribution in [3.63, 3.8) is 0 Å². The summed E-state index contributed by atoms with van der Waals surface area (Å²) in [7, 11) is 0. The van der Waals surface area contributed by atoms with E-state index in [0.717, 1.165) is 22.1 Å². The Hall–Kier alpha value is -3.52. The maximum absolute atomic E-state index is 5.20. The van der Waals surface area contributed by atoms with Crippen LogP contribution < -0.4 is 0 Å². The van der Waals surface area contributed by atoms with Gasteiger partial charge in [0.05, 0.1) is 22.1 Å². The molecule has 2 nitrogen and oxygen atoms in total. The number of nitrogens with zero attached hydrogens (tertiary/aromatic N) is 2. The van der Waals surface area contributed by atoms with Gasteiger partial charge in [0, 0.05) is 10.8 Å². The molecule has 1 heterocycles. The van der Waals surface area contributed by atoms with Crippen molar-refractivity contribution in [2.24, 2.45) is 0 Å². The topological polar surface area (TPSA) is 25.8 Å². The van der Waals surface area contributed by atoms with E-state index in [-0.39, 0.29) is 0 Å². The van der Waals surface area contributed by atoms with Gasteiger partial charge in [-0.15, -0.1) is 0 Å². The summed E-state index contributed by atoms with van der Waals surface area (Å²) in [5.41, 5.74) is 10.4. The second-order valence-electron chi connectivity index (χ2n) is 8.87. The lowest BCUT2D eigenvalue weighted by atomic mass is 9.92. The van der Waals surface area contributed by atoms with Crippen molar-refractivity contribution in [1.29, 1.82) is 0 Å². The summed E-state index contributed by atoms with van der Waals surface area (Å²) < 4.78 is 0. The van der Waals surface area contributed by atoms with E-state index in [1.54, 1.807) is 0 Å². The van der Waals surface area contributed by atoms with E-state index >= 15 is 0 Å². The number of fused-ring (bicyclic) bond motifs is 7. The third-order valence-corrected chi connectivity index (χ3v) is 7.11. The van der Waals surface area contributed by atoms with Crippen molar-refractivity contribution in [3.8, 4) is 0 Å². The lowest BCUT2D eigenvalue weighted by Crippen LogP contribution is -1.96. The number of hydrogen-bond acceptors (Lipinski definition) is 2. The quantitative estimate of drug-likeness (QED) is 0.192. The molecule has 0 unspecified atom stereocenters. The number of aromatic nitrogens is 2. The molecule has 0 aliphatic heterocycles. The summed E-state index contributed by atoms with van der Waals surface area (Å²) in [4.78, 5) is 10.4. The van der Waals surface area contributed by atoms with Gasteiger partial charge in [0.1, 0.15) is 0 Å². The maximum atomic E-state index is 5.20. The molecule has 0 saturated heterocycles. The van der Waals surface area contributed by atoms with Crippen molar-refractivity contribution in [1.82, 2.24) is 9.97 Å². The predicted octanol–water partition coefficient (Wildman–Crippen LogP) is 7.78. The average Bonchev–Trinajstić information content (AvgIpc) is 2.78. The Kier molecular flexibility index (Phi) is 3.68. The molecular formula is C29H24N2. The highest BCUT2D eigenvalue weighted by Crippen LogP contribution is 2.37. The van der Waals surface area contributed by atoms with Gasteiger partial charge in [-0.05, 0) is 96.1 Å². The minimum absolute atomic E-state index is 0.961. The first-order valence-corrected chi connectivity index (χ1v) is 10.9. The zero-order valence-electron chi connectivity index (χ0n) is 18.6. The Bertz CT molecular complexity index is 1730.